The molecule has 5 heteroatoms. The third kappa shape index (κ3) is 3.34. The average Bonchev–Trinajstić information content (AvgIpc) is 2.61. The van der Waals surface area contributed by atoms with Crippen molar-refractivity contribution in [2.45, 2.75) is 13.1 Å². The van der Waals surface area contributed by atoms with Gasteiger partial charge in [-0.05, 0) is 0 Å². The van der Waals surface area contributed by atoms with E-state index in [1.165, 1.54) is 10.4 Å². The van der Waals surface area contributed by atoms with Crippen molar-refractivity contribution in [1.82, 2.24) is 0 Å². The molecule has 23 heavy (non-hydrogen) atoms. The Morgan fingerprint density at radius 1 is 0.826 bits per heavy atom. The second kappa shape index (κ2) is 7.55. The minimum absolute atomic E-state index is 1.39. The maximum absolute atomic E-state index is 6.28. The van der Waals surface area contributed by atoms with Crippen molar-refractivity contribution < 1.29 is 8.85 Å². The SMILES string of the molecule is C=C[Si](C)(C)[Si](OC)(OC)[SiH](c1ccccc1)c1ccccc1. The average molecular weight is 359 g/mol. The highest BCUT2D eigenvalue weighted by atomic mass is 29.6. The summed E-state index contributed by atoms with van der Waals surface area (Å²) in [6.45, 7) is 8.77. The summed E-state index contributed by atoms with van der Waals surface area (Å²) in [7, 11) is -2.28. The van der Waals surface area contributed by atoms with Gasteiger partial charge in [0.05, 0.1) is 0 Å². The molecule has 0 aliphatic rings. The summed E-state index contributed by atoms with van der Waals surface area (Å²) < 4.78 is 12.6. The Morgan fingerprint density at radius 2 is 1.22 bits per heavy atom. The van der Waals surface area contributed by atoms with Crippen molar-refractivity contribution in [2.24, 2.45) is 0 Å². The van der Waals surface area contributed by atoms with Crippen LogP contribution in [0.5, 0.6) is 0 Å². The van der Waals surface area contributed by atoms with Gasteiger partial charge in [-0.1, -0.05) is 89.8 Å². The van der Waals surface area contributed by atoms with Crippen LogP contribution in [0.2, 0.25) is 13.1 Å². The molecule has 2 aromatic rings. The Balaban J connectivity index is 2.71. The fourth-order valence-electron chi connectivity index (χ4n) is 3.28. The van der Waals surface area contributed by atoms with Gasteiger partial charge in [0.1, 0.15) is 7.59 Å². The van der Waals surface area contributed by atoms with Gasteiger partial charge in [0.2, 0.25) is 0 Å². The van der Waals surface area contributed by atoms with Crippen molar-refractivity contribution >= 4 is 33.9 Å². The molecule has 0 aliphatic heterocycles. The van der Waals surface area contributed by atoms with Gasteiger partial charge in [-0.2, -0.15) is 0 Å². The van der Waals surface area contributed by atoms with Gasteiger partial charge in [-0.15, -0.1) is 6.58 Å². The number of hydrogen-bond donors (Lipinski definition) is 0. The molecule has 0 atom stereocenters. The number of rotatable bonds is 7. The van der Waals surface area contributed by atoms with E-state index in [0.717, 1.165) is 0 Å². The molecular formula is C18H26O2Si3. The van der Waals surface area contributed by atoms with Crippen LogP contribution >= 0.6 is 0 Å². The zero-order valence-corrected chi connectivity index (χ0v) is 17.6. The third-order valence-corrected chi connectivity index (χ3v) is 33.8. The quantitative estimate of drug-likeness (QED) is 0.708. The van der Waals surface area contributed by atoms with Crippen LogP contribution in [0.3, 0.4) is 0 Å². The molecule has 0 bridgehead atoms. The topological polar surface area (TPSA) is 18.5 Å². The van der Waals surface area contributed by atoms with E-state index in [2.05, 4.69) is 86.0 Å². The Morgan fingerprint density at radius 3 is 1.52 bits per heavy atom. The fraction of sp³-hybridized carbons (Fsp3) is 0.222. The van der Waals surface area contributed by atoms with Crippen LogP contribution in [-0.2, 0) is 8.85 Å². The molecule has 0 unspecified atom stereocenters. The summed E-state index contributed by atoms with van der Waals surface area (Å²) in [6, 6.07) is 21.5. The minimum atomic E-state index is -2.42. The molecular weight excluding hydrogens is 332 g/mol. The molecule has 0 saturated carbocycles. The van der Waals surface area contributed by atoms with Crippen molar-refractivity contribution in [1.29, 1.82) is 0 Å². The summed E-state index contributed by atoms with van der Waals surface area (Å²) in [4.78, 5) is 0. The Labute approximate surface area is 143 Å². The van der Waals surface area contributed by atoms with Crippen molar-refractivity contribution in [3.8, 4) is 0 Å². The molecule has 0 aromatic heterocycles. The Hall–Kier alpha value is -1.25. The van der Waals surface area contributed by atoms with Gasteiger partial charge in [-0.25, -0.2) is 0 Å². The first-order chi connectivity index (χ1) is 11.0. The van der Waals surface area contributed by atoms with Crippen LogP contribution in [0.4, 0.5) is 0 Å². The van der Waals surface area contributed by atoms with Crippen molar-refractivity contribution in [3.05, 3.63) is 72.9 Å². The Kier molecular flexibility index (Phi) is 5.94. The van der Waals surface area contributed by atoms with Gasteiger partial charge in [0, 0.05) is 14.2 Å². The van der Waals surface area contributed by atoms with Gasteiger partial charge in [-0.3, -0.25) is 0 Å². The lowest BCUT2D eigenvalue weighted by Gasteiger charge is -2.43. The van der Waals surface area contributed by atoms with Crippen LogP contribution in [0.1, 0.15) is 0 Å². The normalized spacial score (nSPS) is 12.4. The van der Waals surface area contributed by atoms with E-state index in [1.807, 2.05) is 14.2 Å². The van der Waals surface area contributed by atoms with Crippen molar-refractivity contribution in [3.63, 3.8) is 0 Å². The highest BCUT2D eigenvalue weighted by Gasteiger charge is 2.57. The van der Waals surface area contributed by atoms with E-state index in [-0.39, 0.29) is 0 Å². The second-order valence-electron chi connectivity index (χ2n) is 6.26. The molecule has 2 rings (SSSR count). The van der Waals surface area contributed by atoms with E-state index in [9.17, 15) is 0 Å². The predicted octanol–water partition coefficient (Wildman–Crippen LogP) is 2.35. The highest BCUT2D eigenvalue weighted by Crippen LogP contribution is 2.24. The van der Waals surface area contributed by atoms with Crippen LogP contribution in [0, 0.1) is 0 Å². The predicted molar refractivity (Wildman–Crippen MR) is 107 cm³/mol. The highest BCUT2D eigenvalue weighted by molar-refractivity contribution is 7.65. The molecule has 2 nitrogen and oxygen atoms in total. The standard InChI is InChI=1S/C18H26O2Si3/c1-6-22(4,5)23(19-2,20-3)21(17-13-9-7-10-14-17)18-15-11-8-12-16-18/h6-16,21H,1H2,2-5H3. The van der Waals surface area contributed by atoms with Gasteiger partial charge in [0.15, 0.2) is 8.31 Å². The molecule has 0 saturated heterocycles. The molecule has 0 heterocycles. The van der Waals surface area contributed by atoms with Crippen LogP contribution < -0.4 is 10.4 Å². The fourth-order valence-corrected chi connectivity index (χ4v) is 30.7. The van der Waals surface area contributed by atoms with Gasteiger partial charge < -0.3 is 8.85 Å². The van der Waals surface area contributed by atoms with Gasteiger partial charge in [0.25, 0.3) is 0 Å². The molecule has 2 aromatic carbocycles. The lowest BCUT2D eigenvalue weighted by Crippen LogP contribution is -2.78. The molecule has 0 amide bonds. The largest absolute Gasteiger partial charge is 0.402 e. The monoisotopic (exact) mass is 358 g/mol. The van der Waals surface area contributed by atoms with Crippen LogP contribution in [-0.4, -0.2) is 37.7 Å². The molecule has 0 aliphatic carbocycles. The molecule has 122 valence electrons. The summed E-state index contributed by atoms with van der Waals surface area (Å²) in [5.74, 6) is 0. The van der Waals surface area contributed by atoms with E-state index >= 15 is 0 Å². The van der Waals surface area contributed by atoms with Crippen molar-refractivity contribution in [2.75, 3.05) is 14.2 Å². The summed E-state index contributed by atoms with van der Waals surface area (Å²) in [5, 5.41) is 2.77. The lowest BCUT2D eigenvalue weighted by atomic mass is 10.4. The van der Waals surface area contributed by atoms with E-state index in [1.54, 1.807) is 0 Å². The lowest BCUT2D eigenvalue weighted by molar-refractivity contribution is 0.283. The maximum Gasteiger partial charge on any atom is 0.307 e. The van der Waals surface area contributed by atoms with Crippen LogP contribution in [0.15, 0.2) is 72.9 Å². The Bertz CT molecular complexity index is 586. The number of benzene rings is 2. The molecule has 0 N–H and O–H groups in total. The summed E-state index contributed by atoms with van der Waals surface area (Å²) in [5.41, 5.74) is 2.14. The molecule has 0 spiro atoms. The van der Waals surface area contributed by atoms with E-state index in [4.69, 9.17) is 8.85 Å². The first kappa shape index (κ1) is 18.1. The van der Waals surface area contributed by atoms with Gasteiger partial charge >= 0.3 is 7.60 Å². The maximum atomic E-state index is 6.28. The zero-order valence-electron chi connectivity index (χ0n) is 14.5. The summed E-state index contributed by atoms with van der Waals surface area (Å²) in [6.07, 6.45) is 0. The van der Waals surface area contributed by atoms with Crippen LogP contribution in [0.25, 0.3) is 0 Å². The molecule has 0 radical (unpaired) electrons. The second-order valence-corrected chi connectivity index (χ2v) is 26.2. The molecule has 0 fully saturated rings. The van der Waals surface area contributed by atoms with E-state index < -0.39 is 23.5 Å². The first-order valence-corrected chi connectivity index (χ1v) is 16.7. The van der Waals surface area contributed by atoms with E-state index in [0.29, 0.717) is 0 Å². The summed E-state index contributed by atoms with van der Waals surface area (Å²) >= 11 is 0. The zero-order chi connectivity index (χ0) is 16.9. The number of hydrogen-bond acceptors (Lipinski definition) is 2. The minimum Gasteiger partial charge on any atom is -0.402 e. The first-order valence-electron chi connectivity index (χ1n) is 7.86. The smallest absolute Gasteiger partial charge is 0.307 e. The third-order valence-electron chi connectivity index (χ3n) is 4.66.